The number of hydrogen-bond acceptors (Lipinski definition) is 8. The molecule has 0 aromatic carbocycles. The number of nitrogen functional groups attached to an aromatic ring is 2. The van der Waals surface area contributed by atoms with Gasteiger partial charge in [-0.1, -0.05) is 11.6 Å². The Kier molecular flexibility index (Phi) is 5.41. The fourth-order valence-corrected chi connectivity index (χ4v) is 1.42. The van der Waals surface area contributed by atoms with E-state index in [1.165, 1.54) is 0 Å². The van der Waals surface area contributed by atoms with Crippen molar-refractivity contribution < 1.29 is 8.78 Å². The quantitative estimate of drug-likeness (QED) is 0.325. The van der Waals surface area contributed by atoms with E-state index >= 15 is 0 Å². The summed E-state index contributed by atoms with van der Waals surface area (Å²) in [5.74, 6) is -0.272. The summed E-state index contributed by atoms with van der Waals surface area (Å²) in [6.07, 6.45) is 0.984. The molecule has 0 unspecified atom stereocenters. The number of nitrogens with two attached hydrogens (primary N) is 3. The highest BCUT2D eigenvalue weighted by Gasteiger charge is 2.13. The van der Waals surface area contributed by atoms with Crippen molar-refractivity contribution >= 4 is 34.4 Å². The van der Waals surface area contributed by atoms with Crippen molar-refractivity contribution in [1.29, 1.82) is 5.41 Å². The van der Waals surface area contributed by atoms with E-state index in [0.29, 0.717) is 0 Å². The first-order valence-electron chi connectivity index (χ1n) is 5.23. The first-order valence-corrected chi connectivity index (χ1v) is 5.60. The Balaban J connectivity index is 2.98. The minimum atomic E-state index is -2.73. The van der Waals surface area contributed by atoms with Crippen molar-refractivity contribution in [3.63, 3.8) is 0 Å². The Bertz CT molecular complexity index is 510. The molecule has 1 aromatic rings. The van der Waals surface area contributed by atoms with E-state index in [0.717, 1.165) is 6.20 Å². The largest absolute Gasteiger partial charge is 0.383 e. The average Bonchev–Trinajstić information content (AvgIpc) is 2.32. The third kappa shape index (κ3) is 4.17. The van der Waals surface area contributed by atoms with Gasteiger partial charge < -0.3 is 27.8 Å². The van der Waals surface area contributed by atoms with Gasteiger partial charge in [0.1, 0.15) is 16.8 Å². The minimum absolute atomic E-state index is 0.00111. The van der Waals surface area contributed by atoms with Gasteiger partial charge in [0.05, 0.1) is 5.56 Å². The lowest BCUT2D eigenvalue weighted by Crippen LogP contribution is -2.21. The fraction of sp³-hybridized carbons (Fsp3) is 0.222. The molecule has 0 atom stereocenters. The Morgan fingerprint density at radius 1 is 1.35 bits per heavy atom. The molecule has 8 nitrogen and oxygen atoms in total. The zero-order valence-electron chi connectivity index (χ0n) is 10.1. The smallest absolute Gasteiger partial charge is 0.312 e. The number of nitrogens with zero attached hydrogens (tertiary/aromatic N) is 2. The molecular formula is C9H13ClF2N8. The van der Waals surface area contributed by atoms with Crippen molar-refractivity contribution in [2.75, 3.05) is 23.3 Å². The molecule has 0 spiro atoms. The van der Waals surface area contributed by atoms with Gasteiger partial charge in [-0.05, 0) is 0 Å². The van der Waals surface area contributed by atoms with Crippen LogP contribution in [0.2, 0.25) is 0 Å². The van der Waals surface area contributed by atoms with Crippen LogP contribution in [0, 0.1) is 5.41 Å². The molecule has 11 heteroatoms. The van der Waals surface area contributed by atoms with Crippen LogP contribution in [0.3, 0.4) is 0 Å². The Morgan fingerprint density at radius 2 is 1.90 bits per heavy atom. The molecule has 0 radical (unpaired) electrons. The predicted molar refractivity (Wildman–Crippen MR) is 73.4 cm³/mol. The number of rotatable bonds is 6. The van der Waals surface area contributed by atoms with E-state index in [-0.39, 0.29) is 35.4 Å². The van der Waals surface area contributed by atoms with Crippen molar-refractivity contribution in [3.05, 3.63) is 17.5 Å². The lowest BCUT2D eigenvalue weighted by atomic mass is 10.3. The highest BCUT2D eigenvalue weighted by atomic mass is 35.5. The Morgan fingerprint density at radius 3 is 2.30 bits per heavy atom. The summed E-state index contributed by atoms with van der Waals surface area (Å²) in [6, 6.07) is 0. The van der Waals surface area contributed by atoms with Crippen LogP contribution in [0.1, 0.15) is 5.56 Å². The van der Waals surface area contributed by atoms with Gasteiger partial charge >= 0.3 is 6.55 Å². The molecule has 1 rings (SSSR count). The predicted octanol–water partition coefficient (Wildman–Crippen LogP) is 0.229. The summed E-state index contributed by atoms with van der Waals surface area (Å²) in [6.45, 7) is -2.80. The monoisotopic (exact) mass is 306 g/mol. The van der Waals surface area contributed by atoms with Crippen LogP contribution in [-0.4, -0.2) is 28.2 Å². The molecule has 0 aliphatic heterocycles. The van der Waals surface area contributed by atoms with Crippen molar-refractivity contribution in [2.24, 2.45) is 5.73 Å². The lowest BCUT2D eigenvalue weighted by Gasteiger charge is -2.11. The van der Waals surface area contributed by atoms with Crippen LogP contribution >= 0.6 is 11.6 Å². The Hall–Kier alpha value is -2.20. The van der Waals surface area contributed by atoms with Crippen LogP contribution in [0.5, 0.6) is 0 Å². The highest BCUT2D eigenvalue weighted by molar-refractivity contribution is 6.69. The van der Waals surface area contributed by atoms with E-state index in [2.05, 4.69) is 15.3 Å². The second-order valence-corrected chi connectivity index (χ2v) is 3.85. The number of alkyl halides is 2. The standard InChI is InChI=1S/C9H13ClF2N8/c10-5(14)4-6(15)19-9(20-7(4)16)18-3(1-13)2-17-8(11)12/h2,8,14,17H,1,13H2,(H5,15,16,18,19,20)/b3-2+,14-5?. The van der Waals surface area contributed by atoms with Crippen LogP contribution in [0.25, 0.3) is 0 Å². The molecule has 20 heavy (non-hydrogen) atoms. The number of hydrogen-bond donors (Lipinski definition) is 6. The highest BCUT2D eigenvalue weighted by Crippen LogP contribution is 2.20. The number of nitrogens with one attached hydrogen (secondary N) is 3. The second-order valence-electron chi connectivity index (χ2n) is 3.47. The summed E-state index contributed by atoms with van der Waals surface area (Å²) >= 11 is 5.48. The van der Waals surface area contributed by atoms with Gasteiger partial charge in [0.15, 0.2) is 0 Å². The van der Waals surface area contributed by atoms with Crippen LogP contribution in [0.4, 0.5) is 26.4 Å². The topological polar surface area (TPSA) is 152 Å². The van der Waals surface area contributed by atoms with Crippen LogP contribution in [0.15, 0.2) is 11.9 Å². The summed E-state index contributed by atoms with van der Waals surface area (Å²) in [4.78, 5) is 7.62. The molecule has 0 saturated heterocycles. The summed E-state index contributed by atoms with van der Waals surface area (Å²) in [5, 5.41) is 11.2. The molecule has 0 fully saturated rings. The van der Waals surface area contributed by atoms with Crippen LogP contribution < -0.4 is 27.8 Å². The molecule has 0 aliphatic carbocycles. The van der Waals surface area contributed by atoms with Gasteiger partial charge in [-0.3, -0.25) is 5.41 Å². The third-order valence-corrected chi connectivity index (χ3v) is 2.25. The average molecular weight is 307 g/mol. The van der Waals surface area contributed by atoms with E-state index in [1.54, 1.807) is 5.32 Å². The summed E-state index contributed by atoms with van der Waals surface area (Å²) < 4.78 is 24.0. The zero-order chi connectivity index (χ0) is 15.3. The number of anilines is 3. The van der Waals surface area contributed by atoms with Gasteiger partial charge in [0, 0.05) is 18.4 Å². The van der Waals surface area contributed by atoms with Crippen molar-refractivity contribution in [1.82, 2.24) is 15.3 Å². The first kappa shape index (κ1) is 15.9. The SMILES string of the molecule is N=C(Cl)c1c(N)nc(N/C(=C/NC(F)F)CN)nc1N. The van der Waals surface area contributed by atoms with E-state index < -0.39 is 11.7 Å². The van der Waals surface area contributed by atoms with Crippen LogP contribution in [-0.2, 0) is 0 Å². The van der Waals surface area contributed by atoms with Gasteiger partial charge in [0.25, 0.3) is 0 Å². The third-order valence-electron chi connectivity index (χ3n) is 2.06. The number of halogens is 3. The molecule has 1 heterocycles. The molecule has 0 saturated carbocycles. The molecule has 0 amide bonds. The van der Waals surface area contributed by atoms with E-state index in [1.807, 2.05) is 0 Å². The molecule has 0 aliphatic rings. The van der Waals surface area contributed by atoms with E-state index in [9.17, 15) is 8.78 Å². The summed E-state index contributed by atoms with van der Waals surface area (Å²) in [7, 11) is 0. The summed E-state index contributed by atoms with van der Waals surface area (Å²) in [5.41, 5.74) is 16.7. The maximum absolute atomic E-state index is 12.0. The van der Waals surface area contributed by atoms with Gasteiger partial charge in [-0.15, -0.1) is 0 Å². The van der Waals surface area contributed by atoms with Crippen molar-refractivity contribution in [2.45, 2.75) is 6.55 Å². The lowest BCUT2D eigenvalue weighted by molar-refractivity contribution is 0.125. The maximum atomic E-state index is 12.0. The second kappa shape index (κ2) is 6.82. The number of aromatic nitrogens is 2. The minimum Gasteiger partial charge on any atom is -0.383 e. The molecular weight excluding hydrogens is 294 g/mol. The molecule has 110 valence electrons. The van der Waals surface area contributed by atoms with Gasteiger partial charge in [-0.2, -0.15) is 18.7 Å². The van der Waals surface area contributed by atoms with Gasteiger partial charge in [-0.25, -0.2) is 0 Å². The molecule has 0 bridgehead atoms. The maximum Gasteiger partial charge on any atom is 0.312 e. The first-order chi connectivity index (χ1) is 9.35. The fourth-order valence-electron chi connectivity index (χ4n) is 1.23. The van der Waals surface area contributed by atoms with Gasteiger partial charge in [0.2, 0.25) is 5.95 Å². The Labute approximate surface area is 117 Å². The van der Waals surface area contributed by atoms with E-state index in [4.69, 9.17) is 34.2 Å². The zero-order valence-corrected chi connectivity index (χ0v) is 10.9. The normalized spacial score (nSPS) is 11.6. The van der Waals surface area contributed by atoms with Crippen molar-refractivity contribution in [3.8, 4) is 0 Å². The molecule has 1 aromatic heterocycles. The molecule has 9 N–H and O–H groups in total.